The second-order valence-corrected chi connectivity index (χ2v) is 8.08. The first-order valence-electron chi connectivity index (χ1n) is 9.35. The van der Waals surface area contributed by atoms with Crippen molar-refractivity contribution in [2.24, 2.45) is 16.1 Å². The Morgan fingerprint density at radius 1 is 1.16 bits per heavy atom. The lowest BCUT2D eigenvalue weighted by molar-refractivity contribution is 0.0186. The summed E-state index contributed by atoms with van der Waals surface area (Å²) in [4.78, 5) is 20.5. The number of rotatable bonds is 6. The molecule has 7 nitrogen and oxygen atoms in total. The third kappa shape index (κ3) is 6.38. The Morgan fingerprint density at radius 3 is 2.28 bits per heavy atom. The van der Waals surface area contributed by atoms with Gasteiger partial charge < -0.3 is 25.0 Å². The monoisotopic (exact) mass is 354 g/mol. The van der Waals surface area contributed by atoms with Crippen LogP contribution in [0.1, 0.15) is 47.0 Å². The van der Waals surface area contributed by atoms with Crippen molar-refractivity contribution in [3.05, 3.63) is 0 Å². The predicted octanol–water partition coefficient (Wildman–Crippen LogP) is 2.06. The van der Waals surface area contributed by atoms with Gasteiger partial charge in [-0.25, -0.2) is 4.79 Å². The van der Waals surface area contributed by atoms with Gasteiger partial charge in [0.05, 0.1) is 0 Å². The molecule has 0 aromatic carbocycles. The van der Waals surface area contributed by atoms with Crippen molar-refractivity contribution < 1.29 is 14.3 Å². The number of carbonyl (C=O) groups excluding carboxylic acids is 1. The Bertz CT molecular complexity index is 475. The number of piperazine rings is 1. The van der Waals surface area contributed by atoms with E-state index in [0.717, 1.165) is 26.2 Å². The number of amides is 1. The number of nitrogens with zero attached hydrogens (tertiary/aromatic N) is 3. The molecular weight excluding hydrogens is 320 g/mol. The maximum absolute atomic E-state index is 12.1. The number of hydrogen-bond donors (Lipinski definition) is 1. The average molecular weight is 354 g/mol. The summed E-state index contributed by atoms with van der Waals surface area (Å²) in [7, 11) is 0. The van der Waals surface area contributed by atoms with Gasteiger partial charge in [-0.3, -0.25) is 4.99 Å². The molecule has 1 saturated carbocycles. The molecule has 2 aliphatic rings. The van der Waals surface area contributed by atoms with Gasteiger partial charge in [-0.15, -0.1) is 0 Å². The molecule has 144 valence electrons. The van der Waals surface area contributed by atoms with Gasteiger partial charge >= 0.3 is 6.09 Å². The standard InChI is InChI=1S/C18H34N4O3/c1-5-24-13-8-18(6-7-18)14-20-15(19)21-9-11-22(12-10-21)16(23)25-17(2,3)4/h5-14H2,1-4H3,(H2,19,20). The van der Waals surface area contributed by atoms with Crippen LogP contribution in [-0.4, -0.2) is 73.4 Å². The number of hydrogen-bond acceptors (Lipinski definition) is 4. The molecule has 2 N–H and O–H groups in total. The smallest absolute Gasteiger partial charge is 0.410 e. The van der Waals surface area contributed by atoms with E-state index in [1.54, 1.807) is 4.90 Å². The zero-order valence-corrected chi connectivity index (χ0v) is 16.2. The van der Waals surface area contributed by atoms with Crippen LogP contribution in [0.25, 0.3) is 0 Å². The van der Waals surface area contributed by atoms with E-state index in [1.807, 2.05) is 27.7 Å². The van der Waals surface area contributed by atoms with Crippen LogP contribution in [-0.2, 0) is 9.47 Å². The Morgan fingerprint density at radius 2 is 1.76 bits per heavy atom. The Hall–Kier alpha value is -1.50. The van der Waals surface area contributed by atoms with Crippen LogP contribution < -0.4 is 5.73 Å². The van der Waals surface area contributed by atoms with Gasteiger partial charge in [-0.1, -0.05) is 0 Å². The molecule has 0 radical (unpaired) electrons. The minimum absolute atomic E-state index is 0.254. The minimum atomic E-state index is -0.464. The van der Waals surface area contributed by atoms with Crippen LogP contribution in [0.5, 0.6) is 0 Å². The minimum Gasteiger partial charge on any atom is -0.444 e. The molecule has 0 unspecified atom stereocenters. The van der Waals surface area contributed by atoms with Crippen molar-refractivity contribution in [1.29, 1.82) is 0 Å². The Kier molecular flexibility index (Phi) is 6.54. The number of aliphatic imine (C=N–C) groups is 1. The summed E-state index contributed by atoms with van der Waals surface area (Å²) < 4.78 is 10.9. The van der Waals surface area contributed by atoms with Gasteiger partial charge in [0.1, 0.15) is 5.60 Å². The molecule has 2 rings (SSSR count). The number of ether oxygens (including phenoxy) is 2. The maximum atomic E-state index is 12.1. The summed E-state index contributed by atoms with van der Waals surface area (Å²) in [5.41, 5.74) is 6.01. The molecule has 1 aliphatic carbocycles. The van der Waals surface area contributed by atoms with Crippen molar-refractivity contribution in [1.82, 2.24) is 9.80 Å². The van der Waals surface area contributed by atoms with E-state index >= 15 is 0 Å². The quantitative estimate of drug-likeness (QED) is 0.449. The predicted molar refractivity (Wildman–Crippen MR) is 98.6 cm³/mol. The maximum Gasteiger partial charge on any atom is 0.410 e. The molecule has 25 heavy (non-hydrogen) atoms. The molecule has 1 amide bonds. The van der Waals surface area contributed by atoms with Crippen molar-refractivity contribution in [3.8, 4) is 0 Å². The van der Waals surface area contributed by atoms with Crippen LogP contribution in [0.3, 0.4) is 0 Å². The third-order valence-electron chi connectivity index (χ3n) is 4.77. The highest BCUT2D eigenvalue weighted by molar-refractivity contribution is 5.78. The Balaban J connectivity index is 1.75. The lowest BCUT2D eigenvalue weighted by Crippen LogP contribution is -2.53. The number of carbonyl (C=O) groups is 1. The molecule has 0 aromatic rings. The van der Waals surface area contributed by atoms with E-state index < -0.39 is 5.60 Å². The van der Waals surface area contributed by atoms with Crippen molar-refractivity contribution in [2.75, 3.05) is 45.9 Å². The van der Waals surface area contributed by atoms with E-state index in [0.29, 0.717) is 37.6 Å². The molecular formula is C18H34N4O3. The molecule has 1 saturated heterocycles. The van der Waals surface area contributed by atoms with Crippen LogP contribution >= 0.6 is 0 Å². The topological polar surface area (TPSA) is 80.4 Å². The van der Waals surface area contributed by atoms with E-state index in [2.05, 4.69) is 9.89 Å². The lowest BCUT2D eigenvalue weighted by atomic mass is 10.0. The van der Waals surface area contributed by atoms with E-state index in [9.17, 15) is 4.79 Å². The molecule has 0 atom stereocenters. The number of nitrogens with two attached hydrogens (primary N) is 1. The summed E-state index contributed by atoms with van der Waals surface area (Å²) in [5.74, 6) is 0.589. The lowest BCUT2D eigenvalue weighted by Gasteiger charge is -2.36. The van der Waals surface area contributed by atoms with Crippen LogP contribution in [0, 0.1) is 5.41 Å². The fourth-order valence-electron chi connectivity index (χ4n) is 2.89. The first kappa shape index (κ1) is 19.8. The molecule has 0 bridgehead atoms. The van der Waals surface area contributed by atoms with Gasteiger partial charge in [-0.05, 0) is 52.4 Å². The molecule has 0 aromatic heterocycles. The molecule has 7 heteroatoms. The largest absolute Gasteiger partial charge is 0.444 e. The van der Waals surface area contributed by atoms with Crippen LogP contribution in [0.2, 0.25) is 0 Å². The molecule has 0 spiro atoms. The zero-order chi connectivity index (χ0) is 18.5. The highest BCUT2D eigenvalue weighted by atomic mass is 16.6. The van der Waals surface area contributed by atoms with Crippen molar-refractivity contribution >= 4 is 12.1 Å². The van der Waals surface area contributed by atoms with Gasteiger partial charge in [0.25, 0.3) is 0 Å². The molecule has 1 heterocycles. The van der Waals surface area contributed by atoms with Gasteiger partial charge in [0, 0.05) is 45.9 Å². The second kappa shape index (κ2) is 8.25. The van der Waals surface area contributed by atoms with Gasteiger partial charge in [0.2, 0.25) is 0 Å². The van der Waals surface area contributed by atoms with Gasteiger partial charge in [0.15, 0.2) is 5.96 Å². The SMILES string of the molecule is CCOCCC1(CN=C(N)N2CCN(C(=O)OC(C)(C)C)CC2)CC1. The summed E-state index contributed by atoms with van der Waals surface area (Å²) in [6, 6.07) is 0. The van der Waals surface area contributed by atoms with Crippen molar-refractivity contribution in [3.63, 3.8) is 0 Å². The van der Waals surface area contributed by atoms with Crippen molar-refractivity contribution in [2.45, 2.75) is 52.6 Å². The van der Waals surface area contributed by atoms with Crippen LogP contribution in [0.15, 0.2) is 4.99 Å². The molecule has 2 fully saturated rings. The zero-order valence-electron chi connectivity index (χ0n) is 16.2. The van der Waals surface area contributed by atoms with E-state index in [1.165, 1.54) is 12.8 Å². The Labute approximate surface area is 151 Å². The van der Waals surface area contributed by atoms with E-state index in [-0.39, 0.29) is 6.09 Å². The summed E-state index contributed by atoms with van der Waals surface area (Å²) in [5, 5.41) is 0. The highest BCUT2D eigenvalue weighted by Gasteiger charge is 2.42. The number of guanidine groups is 1. The van der Waals surface area contributed by atoms with E-state index in [4.69, 9.17) is 15.2 Å². The average Bonchev–Trinajstić information content (AvgIpc) is 3.32. The first-order valence-corrected chi connectivity index (χ1v) is 9.35. The summed E-state index contributed by atoms with van der Waals surface area (Å²) >= 11 is 0. The first-order chi connectivity index (χ1) is 11.7. The fourth-order valence-corrected chi connectivity index (χ4v) is 2.89. The van der Waals surface area contributed by atoms with Gasteiger partial charge in [-0.2, -0.15) is 0 Å². The molecule has 1 aliphatic heterocycles. The third-order valence-corrected chi connectivity index (χ3v) is 4.77. The normalized spacial score (nSPS) is 20.6. The van der Waals surface area contributed by atoms with Crippen LogP contribution in [0.4, 0.5) is 4.79 Å². The highest BCUT2D eigenvalue weighted by Crippen LogP contribution is 2.49. The second-order valence-electron chi connectivity index (χ2n) is 8.08. The summed E-state index contributed by atoms with van der Waals surface area (Å²) in [6.07, 6.45) is 3.23. The fraction of sp³-hybridized carbons (Fsp3) is 0.889. The summed E-state index contributed by atoms with van der Waals surface area (Å²) in [6.45, 7) is 12.6.